The van der Waals surface area contributed by atoms with Crippen molar-refractivity contribution in [3.8, 4) is 5.75 Å². The van der Waals surface area contributed by atoms with Gasteiger partial charge in [0.2, 0.25) is 12.3 Å². The smallest absolute Gasteiger partial charge is 0.224 e. The first kappa shape index (κ1) is 17.4. The highest BCUT2D eigenvalue weighted by atomic mass is 35.5. The number of hydrogen-bond donors (Lipinski definition) is 1. The van der Waals surface area contributed by atoms with Crippen molar-refractivity contribution in [2.45, 2.75) is 13.3 Å². The maximum absolute atomic E-state index is 12.2. The number of ether oxygens (including phenoxy) is 1. The van der Waals surface area contributed by atoms with Gasteiger partial charge in [0.05, 0.1) is 12.8 Å². The number of hydrogen-bond acceptors (Lipinski definition) is 4. The zero-order valence-corrected chi connectivity index (χ0v) is 14.2. The molecule has 1 aliphatic heterocycles. The van der Waals surface area contributed by atoms with Crippen LogP contribution in [0.1, 0.15) is 12.0 Å². The Labute approximate surface area is 141 Å². The van der Waals surface area contributed by atoms with Gasteiger partial charge in [0.1, 0.15) is 5.75 Å². The van der Waals surface area contributed by atoms with Gasteiger partial charge in [-0.25, -0.2) is 0 Å². The summed E-state index contributed by atoms with van der Waals surface area (Å²) in [6.07, 6.45) is 1.23. The number of rotatable bonds is 6. The molecule has 1 heterocycles. The highest BCUT2D eigenvalue weighted by Gasteiger charge is 2.19. The van der Waals surface area contributed by atoms with Crippen LogP contribution in [0.2, 0.25) is 5.02 Å². The zero-order chi connectivity index (χ0) is 16.8. The maximum Gasteiger partial charge on any atom is 0.224 e. The van der Waals surface area contributed by atoms with Gasteiger partial charge in [0.15, 0.2) is 0 Å². The fourth-order valence-corrected chi connectivity index (χ4v) is 2.66. The summed E-state index contributed by atoms with van der Waals surface area (Å²) in [5, 5.41) is 3.87. The number of carbonyl (C=O) groups is 2. The Kier molecular flexibility index (Phi) is 6.10. The Morgan fingerprint density at radius 1 is 1.35 bits per heavy atom. The molecule has 0 spiro atoms. The average molecular weight is 340 g/mol. The number of nitrogens with zero attached hydrogens (tertiary/aromatic N) is 2. The van der Waals surface area contributed by atoms with E-state index < -0.39 is 0 Å². The van der Waals surface area contributed by atoms with Crippen molar-refractivity contribution in [3.63, 3.8) is 0 Å². The summed E-state index contributed by atoms with van der Waals surface area (Å²) in [6, 6.07) is 3.67. The molecule has 1 aliphatic rings. The predicted octanol–water partition coefficient (Wildman–Crippen LogP) is 1.76. The van der Waals surface area contributed by atoms with Crippen molar-refractivity contribution in [1.29, 1.82) is 0 Å². The minimum absolute atomic E-state index is 0.0905. The number of methoxy groups -OCH3 is 1. The topological polar surface area (TPSA) is 61.9 Å². The Morgan fingerprint density at radius 3 is 2.65 bits per heavy atom. The Balaban J connectivity index is 1.84. The monoisotopic (exact) mass is 339 g/mol. The van der Waals surface area contributed by atoms with Gasteiger partial charge in [0, 0.05) is 50.2 Å². The quantitative estimate of drug-likeness (QED) is 0.802. The Bertz CT molecular complexity index is 572. The highest BCUT2D eigenvalue weighted by Crippen LogP contribution is 2.30. The largest absolute Gasteiger partial charge is 0.495 e. The summed E-state index contributed by atoms with van der Waals surface area (Å²) < 4.78 is 5.30. The number of piperazine rings is 1. The van der Waals surface area contributed by atoms with E-state index >= 15 is 0 Å². The van der Waals surface area contributed by atoms with Crippen molar-refractivity contribution in [1.82, 2.24) is 9.80 Å². The van der Waals surface area contributed by atoms with Gasteiger partial charge >= 0.3 is 0 Å². The van der Waals surface area contributed by atoms with Gasteiger partial charge in [-0.15, -0.1) is 0 Å². The van der Waals surface area contributed by atoms with Gasteiger partial charge in [-0.05, 0) is 18.6 Å². The summed E-state index contributed by atoms with van der Waals surface area (Å²) >= 11 is 6.08. The van der Waals surface area contributed by atoms with Crippen LogP contribution in [0, 0.1) is 6.92 Å². The first-order valence-electron chi connectivity index (χ1n) is 7.60. The van der Waals surface area contributed by atoms with Crippen molar-refractivity contribution in [2.75, 3.05) is 45.2 Å². The molecule has 0 atom stereocenters. The molecule has 1 fully saturated rings. The number of benzene rings is 1. The van der Waals surface area contributed by atoms with Gasteiger partial charge < -0.3 is 19.9 Å². The zero-order valence-electron chi connectivity index (χ0n) is 13.5. The number of anilines is 1. The summed E-state index contributed by atoms with van der Waals surface area (Å²) in [5.74, 6) is 0.750. The molecule has 1 aromatic carbocycles. The van der Waals surface area contributed by atoms with Crippen LogP contribution in [0.3, 0.4) is 0 Å². The third-order valence-corrected chi connectivity index (χ3v) is 4.36. The predicted molar refractivity (Wildman–Crippen MR) is 90.1 cm³/mol. The number of carbonyl (C=O) groups excluding carboxylic acids is 2. The summed E-state index contributed by atoms with van der Waals surface area (Å²) in [6.45, 7) is 4.84. The third-order valence-electron chi connectivity index (χ3n) is 3.95. The van der Waals surface area contributed by atoms with E-state index in [-0.39, 0.29) is 5.91 Å². The minimum atomic E-state index is 0.0905. The van der Waals surface area contributed by atoms with Crippen molar-refractivity contribution in [2.24, 2.45) is 0 Å². The molecule has 0 radical (unpaired) electrons. The molecule has 23 heavy (non-hydrogen) atoms. The standard InChI is InChI=1S/C16H22ClN3O3/c1-12-9-14(15(23-2)10-13(12)17)18-4-3-16(22)20-7-5-19(11-21)6-8-20/h9-11,18H,3-8H2,1-2H3. The maximum atomic E-state index is 12.2. The van der Waals surface area contributed by atoms with E-state index in [0.717, 1.165) is 17.7 Å². The lowest BCUT2D eigenvalue weighted by Crippen LogP contribution is -2.48. The molecule has 2 amide bonds. The molecule has 2 rings (SSSR count). The molecule has 6 nitrogen and oxygen atoms in total. The van der Waals surface area contributed by atoms with E-state index in [1.54, 1.807) is 23.0 Å². The van der Waals surface area contributed by atoms with Crippen LogP contribution in [-0.4, -0.2) is 62.0 Å². The summed E-state index contributed by atoms with van der Waals surface area (Å²) in [5.41, 5.74) is 1.78. The van der Waals surface area contributed by atoms with Crippen LogP contribution in [0.15, 0.2) is 12.1 Å². The van der Waals surface area contributed by atoms with Gasteiger partial charge in [-0.3, -0.25) is 9.59 Å². The molecule has 1 saturated heterocycles. The first-order chi connectivity index (χ1) is 11.0. The highest BCUT2D eigenvalue weighted by molar-refractivity contribution is 6.31. The number of nitrogens with one attached hydrogen (secondary N) is 1. The van der Waals surface area contributed by atoms with E-state index in [1.165, 1.54) is 0 Å². The third kappa shape index (κ3) is 4.51. The van der Waals surface area contributed by atoms with Crippen molar-refractivity contribution < 1.29 is 14.3 Å². The minimum Gasteiger partial charge on any atom is -0.495 e. The molecule has 1 aromatic rings. The molecular weight excluding hydrogens is 318 g/mol. The van der Waals surface area contributed by atoms with Crippen molar-refractivity contribution in [3.05, 3.63) is 22.7 Å². The lowest BCUT2D eigenvalue weighted by atomic mass is 10.2. The van der Waals surface area contributed by atoms with E-state index in [0.29, 0.717) is 49.9 Å². The van der Waals surface area contributed by atoms with Crippen molar-refractivity contribution >= 4 is 29.6 Å². The fraction of sp³-hybridized carbons (Fsp3) is 0.500. The van der Waals surface area contributed by atoms with E-state index in [1.807, 2.05) is 13.0 Å². The second-order valence-corrected chi connectivity index (χ2v) is 5.91. The fourth-order valence-electron chi connectivity index (χ4n) is 2.51. The molecule has 0 aromatic heterocycles. The lowest BCUT2D eigenvalue weighted by Gasteiger charge is -2.32. The van der Waals surface area contributed by atoms with Gasteiger partial charge in [-0.2, -0.15) is 0 Å². The Morgan fingerprint density at radius 2 is 2.04 bits per heavy atom. The Hall–Kier alpha value is -1.95. The molecule has 0 saturated carbocycles. The van der Waals surface area contributed by atoms with E-state index in [2.05, 4.69) is 5.32 Å². The average Bonchev–Trinajstić information content (AvgIpc) is 2.57. The normalized spacial score (nSPS) is 14.6. The van der Waals surface area contributed by atoms with Crippen LogP contribution in [0.25, 0.3) is 0 Å². The van der Waals surface area contributed by atoms with Crippen LogP contribution < -0.4 is 10.1 Å². The molecule has 1 N–H and O–H groups in total. The van der Waals surface area contributed by atoms with E-state index in [9.17, 15) is 9.59 Å². The summed E-state index contributed by atoms with van der Waals surface area (Å²) in [7, 11) is 1.59. The second-order valence-electron chi connectivity index (χ2n) is 5.50. The van der Waals surface area contributed by atoms with Gasteiger partial charge in [0.25, 0.3) is 0 Å². The molecule has 126 valence electrons. The molecule has 0 aliphatic carbocycles. The molecule has 0 unspecified atom stereocenters. The molecule has 0 bridgehead atoms. The van der Waals surface area contributed by atoms with E-state index in [4.69, 9.17) is 16.3 Å². The van der Waals surface area contributed by atoms with Crippen LogP contribution >= 0.6 is 11.6 Å². The molecular formula is C16H22ClN3O3. The first-order valence-corrected chi connectivity index (χ1v) is 7.98. The number of amides is 2. The van der Waals surface area contributed by atoms with Crippen LogP contribution in [0.4, 0.5) is 5.69 Å². The molecule has 7 heteroatoms. The van der Waals surface area contributed by atoms with Crippen LogP contribution in [0.5, 0.6) is 5.75 Å². The number of aryl methyl sites for hydroxylation is 1. The van der Waals surface area contributed by atoms with Crippen LogP contribution in [-0.2, 0) is 9.59 Å². The summed E-state index contributed by atoms with van der Waals surface area (Å²) in [4.78, 5) is 26.3. The number of halogens is 1. The second kappa shape index (κ2) is 8.06. The lowest BCUT2D eigenvalue weighted by molar-refractivity contribution is -0.134. The van der Waals surface area contributed by atoms with Gasteiger partial charge in [-0.1, -0.05) is 11.6 Å². The SMILES string of the molecule is COc1cc(Cl)c(C)cc1NCCC(=O)N1CCN(C=O)CC1.